The number of aromatic nitrogens is 1. The number of benzene rings is 1. The molecule has 1 aromatic heterocycles. The fourth-order valence-electron chi connectivity index (χ4n) is 1.02. The molecule has 0 saturated carbocycles. The van der Waals surface area contributed by atoms with Gasteiger partial charge in [0.15, 0.2) is 5.13 Å². The normalized spacial score (nSPS) is 10.3. The lowest BCUT2D eigenvalue weighted by atomic mass is 10.3. The number of rotatable bonds is 2. The summed E-state index contributed by atoms with van der Waals surface area (Å²) in [6, 6.07) is 4.47. The maximum absolute atomic E-state index is 12.8. The second-order valence-electron chi connectivity index (χ2n) is 2.72. The molecular weight excluding hydrogens is 347 g/mol. The standard InChI is InChI=1S/C9H5Br2FN2S/c10-6-3-5(12)1-2-7(6)13-9-14-8(11)4-15-9/h1-4H,(H,13,14). The molecule has 2 rings (SSSR count). The SMILES string of the molecule is Fc1ccc(Nc2nc(Br)cs2)c(Br)c1. The lowest BCUT2D eigenvalue weighted by molar-refractivity contribution is 0.627. The molecule has 0 bridgehead atoms. The monoisotopic (exact) mass is 350 g/mol. The minimum absolute atomic E-state index is 0.271. The Kier molecular flexibility index (Phi) is 3.38. The summed E-state index contributed by atoms with van der Waals surface area (Å²) in [5.74, 6) is -0.271. The van der Waals surface area contributed by atoms with Gasteiger partial charge in [0.2, 0.25) is 0 Å². The first-order chi connectivity index (χ1) is 7.15. The van der Waals surface area contributed by atoms with Gasteiger partial charge >= 0.3 is 0 Å². The Labute approximate surface area is 107 Å². The number of thiazole rings is 1. The van der Waals surface area contributed by atoms with E-state index >= 15 is 0 Å². The van der Waals surface area contributed by atoms with E-state index in [1.807, 2.05) is 5.38 Å². The number of nitrogens with zero attached hydrogens (tertiary/aromatic N) is 1. The van der Waals surface area contributed by atoms with Crippen LogP contribution in [0, 0.1) is 5.82 Å². The molecule has 78 valence electrons. The van der Waals surface area contributed by atoms with E-state index in [4.69, 9.17) is 0 Å². The number of halogens is 3. The van der Waals surface area contributed by atoms with Crippen molar-refractivity contribution in [2.75, 3.05) is 5.32 Å². The topological polar surface area (TPSA) is 24.9 Å². The Morgan fingerprint density at radius 1 is 1.33 bits per heavy atom. The van der Waals surface area contributed by atoms with Crippen molar-refractivity contribution in [2.24, 2.45) is 0 Å². The zero-order chi connectivity index (χ0) is 10.8. The van der Waals surface area contributed by atoms with Crippen LogP contribution in [0.15, 0.2) is 32.7 Å². The number of hydrogen-bond acceptors (Lipinski definition) is 3. The summed E-state index contributed by atoms with van der Waals surface area (Å²) in [5, 5.41) is 5.72. The zero-order valence-corrected chi connectivity index (χ0v) is 11.3. The maximum atomic E-state index is 12.8. The summed E-state index contributed by atoms with van der Waals surface area (Å²) >= 11 is 8.01. The minimum atomic E-state index is -0.271. The molecule has 0 unspecified atom stereocenters. The molecule has 0 aliphatic carbocycles. The molecule has 6 heteroatoms. The summed E-state index contributed by atoms with van der Waals surface area (Å²) in [6.07, 6.45) is 0. The van der Waals surface area contributed by atoms with Crippen LogP contribution in [0.5, 0.6) is 0 Å². The van der Waals surface area contributed by atoms with Gasteiger partial charge in [-0.05, 0) is 50.1 Å². The van der Waals surface area contributed by atoms with Crippen molar-refractivity contribution < 1.29 is 4.39 Å². The predicted octanol–water partition coefficient (Wildman–Crippen LogP) is 4.55. The van der Waals surface area contributed by atoms with Crippen LogP contribution in [0.25, 0.3) is 0 Å². The molecule has 0 radical (unpaired) electrons. The van der Waals surface area contributed by atoms with Crippen LogP contribution < -0.4 is 5.32 Å². The van der Waals surface area contributed by atoms with Gasteiger partial charge in [-0.15, -0.1) is 11.3 Å². The van der Waals surface area contributed by atoms with E-state index in [-0.39, 0.29) is 5.82 Å². The molecule has 0 fully saturated rings. The number of nitrogens with one attached hydrogen (secondary N) is 1. The lowest BCUT2D eigenvalue weighted by Gasteiger charge is -2.04. The second kappa shape index (κ2) is 4.59. The summed E-state index contributed by atoms with van der Waals surface area (Å²) in [6.45, 7) is 0. The average molecular weight is 352 g/mol. The maximum Gasteiger partial charge on any atom is 0.188 e. The van der Waals surface area contributed by atoms with Crippen LogP contribution in [-0.2, 0) is 0 Å². The van der Waals surface area contributed by atoms with E-state index in [1.54, 1.807) is 6.07 Å². The van der Waals surface area contributed by atoms with Gasteiger partial charge in [0.1, 0.15) is 10.4 Å². The highest BCUT2D eigenvalue weighted by Crippen LogP contribution is 2.28. The van der Waals surface area contributed by atoms with Crippen LogP contribution in [0.1, 0.15) is 0 Å². The molecule has 15 heavy (non-hydrogen) atoms. The molecular formula is C9H5Br2FN2S. The Morgan fingerprint density at radius 2 is 2.13 bits per heavy atom. The molecule has 1 heterocycles. The van der Waals surface area contributed by atoms with Crippen molar-refractivity contribution in [1.29, 1.82) is 0 Å². The summed E-state index contributed by atoms with van der Waals surface area (Å²) in [5.41, 5.74) is 0.790. The third-order valence-electron chi connectivity index (χ3n) is 1.65. The van der Waals surface area contributed by atoms with E-state index < -0.39 is 0 Å². The smallest absolute Gasteiger partial charge is 0.188 e. The molecule has 0 spiro atoms. The number of hydrogen-bond donors (Lipinski definition) is 1. The quantitative estimate of drug-likeness (QED) is 0.858. The first-order valence-electron chi connectivity index (χ1n) is 3.98. The number of anilines is 2. The fraction of sp³-hybridized carbons (Fsp3) is 0. The summed E-state index contributed by atoms with van der Waals surface area (Å²) < 4.78 is 14.3. The molecule has 0 aliphatic rings. The molecule has 2 aromatic rings. The minimum Gasteiger partial charge on any atom is -0.331 e. The zero-order valence-electron chi connectivity index (χ0n) is 7.30. The largest absolute Gasteiger partial charge is 0.331 e. The van der Waals surface area contributed by atoms with Crippen molar-refractivity contribution in [3.8, 4) is 0 Å². The van der Waals surface area contributed by atoms with Crippen LogP contribution in [0.2, 0.25) is 0 Å². The fourth-order valence-corrected chi connectivity index (χ4v) is 2.62. The molecule has 2 nitrogen and oxygen atoms in total. The van der Waals surface area contributed by atoms with Gasteiger partial charge in [0.25, 0.3) is 0 Å². The average Bonchev–Trinajstić information content (AvgIpc) is 2.56. The van der Waals surface area contributed by atoms with E-state index in [0.29, 0.717) is 4.47 Å². The van der Waals surface area contributed by atoms with Crippen molar-refractivity contribution in [1.82, 2.24) is 4.98 Å². The van der Waals surface area contributed by atoms with Gasteiger partial charge in [-0.2, -0.15) is 0 Å². The van der Waals surface area contributed by atoms with Crippen molar-refractivity contribution >= 4 is 54.0 Å². The van der Waals surface area contributed by atoms with Crippen molar-refractivity contribution in [3.05, 3.63) is 38.5 Å². The Balaban J connectivity index is 2.24. The van der Waals surface area contributed by atoms with Crippen LogP contribution >= 0.6 is 43.2 Å². The van der Waals surface area contributed by atoms with Gasteiger partial charge in [-0.3, -0.25) is 0 Å². The van der Waals surface area contributed by atoms with E-state index in [2.05, 4.69) is 42.2 Å². The second-order valence-corrected chi connectivity index (χ2v) is 5.25. The molecule has 1 aromatic carbocycles. The van der Waals surface area contributed by atoms with Gasteiger partial charge in [0.05, 0.1) is 5.69 Å². The van der Waals surface area contributed by atoms with Gasteiger partial charge < -0.3 is 5.32 Å². The Hall–Kier alpha value is -0.460. The first-order valence-corrected chi connectivity index (χ1v) is 6.45. The highest BCUT2D eigenvalue weighted by molar-refractivity contribution is 9.10. The Bertz CT molecular complexity index is 487. The van der Waals surface area contributed by atoms with E-state index in [9.17, 15) is 4.39 Å². The van der Waals surface area contributed by atoms with Crippen molar-refractivity contribution in [2.45, 2.75) is 0 Å². The lowest BCUT2D eigenvalue weighted by Crippen LogP contribution is -1.90. The van der Waals surface area contributed by atoms with Gasteiger partial charge in [-0.25, -0.2) is 9.37 Å². The van der Waals surface area contributed by atoms with E-state index in [0.717, 1.165) is 15.4 Å². The summed E-state index contributed by atoms with van der Waals surface area (Å²) in [7, 11) is 0. The third-order valence-corrected chi connectivity index (χ3v) is 3.77. The van der Waals surface area contributed by atoms with Crippen LogP contribution in [0.3, 0.4) is 0 Å². The highest BCUT2D eigenvalue weighted by atomic mass is 79.9. The van der Waals surface area contributed by atoms with Crippen molar-refractivity contribution in [3.63, 3.8) is 0 Å². The third kappa shape index (κ3) is 2.76. The van der Waals surface area contributed by atoms with Gasteiger partial charge in [0, 0.05) is 9.85 Å². The van der Waals surface area contributed by atoms with Gasteiger partial charge in [-0.1, -0.05) is 0 Å². The molecule has 0 saturated heterocycles. The summed E-state index contributed by atoms with van der Waals surface area (Å²) in [4.78, 5) is 4.18. The Morgan fingerprint density at radius 3 is 2.73 bits per heavy atom. The predicted molar refractivity (Wildman–Crippen MR) is 67.2 cm³/mol. The molecule has 1 N–H and O–H groups in total. The van der Waals surface area contributed by atoms with Crippen LogP contribution in [0.4, 0.5) is 15.2 Å². The molecule has 0 atom stereocenters. The molecule has 0 aliphatic heterocycles. The molecule has 0 amide bonds. The first kappa shape index (κ1) is 11.0. The highest BCUT2D eigenvalue weighted by Gasteiger charge is 2.04. The van der Waals surface area contributed by atoms with E-state index in [1.165, 1.54) is 23.5 Å². The van der Waals surface area contributed by atoms with Crippen LogP contribution in [-0.4, -0.2) is 4.98 Å².